The zero-order valence-corrected chi connectivity index (χ0v) is 11.3. The van der Waals surface area contributed by atoms with Crippen LogP contribution < -0.4 is 0 Å². The quantitative estimate of drug-likeness (QED) is 0.752. The van der Waals surface area contributed by atoms with E-state index in [9.17, 15) is 5.11 Å². The van der Waals surface area contributed by atoms with Gasteiger partial charge in [-0.3, -0.25) is 0 Å². The van der Waals surface area contributed by atoms with Crippen LogP contribution in [0.3, 0.4) is 0 Å². The highest BCUT2D eigenvalue weighted by atomic mass is 16.3. The van der Waals surface area contributed by atoms with Gasteiger partial charge < -0.3 is 14.7 Å². The first-order valence-corrected chi connectivity index (χ1v) is 7.26. The van der Waals surface area contributed by atoms with Crippen molar-refractivity contribution in [2.75, 3.05) is 6.61 Å². The Labute approximate surface area is 116 Å². The Kier molecular flexibility index (Phi) is 2.73. The van der Waals surface area contributed by atoms with Gasteiger partial charge in [-0.1, -0.05) is 0 Å². The zero-order valence-electron chi connectivity index (χ0n) is 11.3. The number of H-pyrrole nitrogens is 1. The van der Waals surface area contributed by atoms with Crippen molar-refractivity contribution in [3.8, 4) is 0 Å². The highest BCUT2D eigenvalue weighted by Gasteiger charge is 2.23. The first kappa shape index (κ1) is 11.9. The third-order valence-corrected chi connectivity index (χ3v) is 4.59. The largest absolute Gasteiger partial charge is 0.396 e. The number of rotatable bonds is 2. The molecule has 1 aliphatic rings. The van der Waals surface area contributed by atoms with Crippen LogP contribution in [-0.2, 0) is 0 Å². The molecule has 1 saturated carbocycles. The molecule has 5 nitrogen and oxygen atoms in total. The van der Waals surface area contributed by atoms with Crippen LogP contribution in [0, 0.1) is 5.92 Å². The molecule has 0 radical (unpaired) electrons. The number of fused-ring (bicyclic) bond motifs is 3. The molecule has 0 aliphatic heterocycles. The molecule has 0 spiro atoms. The molecule has 2 N–H and O–H groups in total. The molecule has 4 rings (SSSR count). The van der Waals surface area contributed by atoms with Crippen LogP contribution in [0.25, 0.3) is 22.1 Å². The Bertz CT molecular complexity index is 737. The summed E-state index contributed by atoms with van der Waals surface area (Å²) in [7, 11) is 0. The summed E-state index contributed by atoms with van der Waals surface area (Å²) in [5.41, 5.74) is 3.06. The lowest BCUT2D eigenvalue weighted by atomic mass is 9.86. The first-order chi connectivity index (χ1) is 9.86. The topological polar surface area (TPSA) is 66.7 Å². The Morgan fingerprint density at radius 3 is 2.90 bits per heavy atom. The van der Waals surface area contributed by atoms with Crippen molar-refractivity contribution in [3.63, 3.8) is 0 Å². The van der Waals surface area contributed by atoms with E-state index in [1.54, 1.807) is 0 Å². The number of hydrogen-bond donors (Lipinski definition) is 2. The summed E-state index contributed by atoms with van der Waals surface area (Å²) in [5.74, 6) is 0.481. The van der Waals surface area contributed by atoms with Crippen LogP contribution in [0.4, 0.5) is 0 Å². The number of aliphatic hydroxyl groups excluding tert-OH is 1. The lowest BCUT2D eigenvalue weighted by Crippen LogP contribution is -2.19. The van der Waals surface area contributed by atoms with E-state index in [-0.39, 0.29) is 0 Å². The molecule has 0 unspecified atom stereocenters. The zero-order chi connectivity index (χ0) is 13.5. The van der Waals surface area contributed by atoms with E-state index in [4.69, 9.17) is 0 Å². The standard InChI is InChI=1S/C15H18N4O/c20-8-10-1-3-11(4-2-10)19-9-18-13-7-17-15-12(14(13)19)5-6-16-15/h5-7,9-11,20H,1-4,8H2,(H,16,17). The fourth-order valence-electron chi connectivity index (χ4n) is 3.41. The van der Waals surface area contributed by atoms with Gasteiger partial charge in [0.05, 0.1) is 18.0 Å². The number of nitrogens with zero attached hydrogens (tertiary/aromatic N) is 3. The van der Waals surface area contributed by atoms with Crippen LogP contribution in [0.2, 0.25) is 0 Å². The molecule has 0 atom stereocenters. The van der Waals surface area contributed by atoms with E-state index in [1.807, 2.05) is 18.7 Å². The van der Waals surface area contributed by atoms with Gasteiger partial charge in [0, 0.05) is 24.2 Å². The van der Waals surface area contributed by atoms with Crippen LogP contribution in [0.1, 0.15) is 31.7 Å². The van der Waals surface area contributed by atoms with Gasteiger partial charge in [-0.2, -0.15) is 0 Å². The number of aromatic amines is 1. The van der Waals surface area contributed by atoms with E-state index in [1.165, 1.54) is 5.52 Å². The molecule has 20 heavy (non-hydrogen) atoms. The second-order valence-corrected chi connectivity index (χ2v) is 5.74. The summed E-state index contributed by atoms with van der Waals surface area (Å²) >= 11 is 0. The van der Waals surface area contributed by atoms with Gasteiger partial charge in [-0.25, -0.2) is 9.97 Å². The molecule has 0 amide bonds. The predicted molar refractivity (Wildman–Crippen MR) is 77.5 cm³/mol. The number of imidazole rings is 1. The average molecular weight is 270 g/mol. The predicted octanol–water partition coefficient (Wildman–Crippen LogP) is 2.64. The molecule has 5 heteroatoms. The van der Waals surface area contributed by atoms with E-state index < -0.39 is 0 Å². The molecular weight excluding hydrogens is 252 g/mol. The lowest BCUT2D eigenvalue weighted by Gasteiger charge is -2.28. The van der Waals surface area contributed by atoms with Gasteiger partial charge in [0.25, 0.3) is 0 Å². The van der Waals surface area contributed by atoms with Gasteiger partial charge in [0.1, 0.15) is 11.2 Å². The summed E-state index contributed by atoms with van der Waals surface area (Å²) < 4.78 is 2.31. The molecule has 0 aromatic carbocycles. The molecule has 0 saturated heterocycles. The van der Waals surface area contributed by atoms with Crippen LogP contribution in [-0.4, -0.2) is 31.2 Å². The Morgan fingerprint density at radius 2 is 2.10 bits per heavy atom. The molecule has 104 valence electrons. The fraction of sp³-hybridized carbons (Fsp3) is 0.467. The minimum atomic E-state index is 0.323. The molecule has 3 aromatic heterocycles. The maximum absolute atomic E-state index is 9.26. The van der Waals surface area contributed by atoms with Crippen molar-refractivity contribution in [2.45, 2.75) is 31.7 Å². The number of pyridine rings is 1. The smallest absolute Gasteiger partial charge is 0.139 e. The Balaban J connectivity index is 1.78. The normalized spacial score (nSPS) is 23.6. The summed E-state index contributed by atoms with van der Waals surface area (Å²) in [5, 5.41) is 10.4. The third kappa shape index (κ3) is 1.73. The number of nitrogens with one attached hydrogen (secondary N) is 1. The van der Waals surface area contributed by atoms with E-state index in [0.717, 1.165) is 42.2 Å². The van der Waals surface area contributed by atoms with Gasteiger partial charge >= 0.3 is 0 Å². The Morgan fingerprint density at radius 1 is 1.25 bits per heavy atom. The summed E-state index contributed by atoms with van der Waals surface area (Å²) in [6.07, 6.45) is 10.1. The average Bonchev–Trinajstić information content (AvgIpc) is 3.13. The minimum Gasteiger partial charge on any atom is -0.396 e. The van der Waals surface area contributed by atoms with Crippen molar-refractivity contribution in [1.82, 2.24) is 19.5 Å². The monoisotopic (exact) mass is 270 g/mol. The third-order valence-electron chi connectivity index (χ3n) is 4.59. The van der Waals surface area contributed by atoms with Crippen molar-refractivity contribution in [1.29, 1.82) is 0 Å². The van der Waals surface area contributed by atoms with Crippen LogP contribution in [0.5, 0.6) is 0 Å². The summed E-state index contributed by atoms with van der Waals surface area (Å²) in [6.45, 7) is 0.323. The highest BCUT2D eigenvalue weighted by molar-refractivity contribution is 6.00. The number of aromatic nitrogens is 4. The first-order valence-electron chi connectivity index (χ1n) is 7.26. The SMILES string of the molecule is OCC1CCC(n2cnc3cnc4[nH]ccc4c32)CC1. The van der Waals surface area contributed by atoms with Crippen LogP contribution >= 0.6 is 0 Å². The van der Waals surface area contributed by atoms with Crippen molar-refractivity contribution >= 4 is 22.1 Å². The maximum Gasteiger partial charge on any atom is 0.139 e. The molecular formula is C15H18N4O. The number of hydrogen-bond acceptors (Lipinski definition) is 3. The number of aliphatic hydroxyl groups is 1. The molecule has 1 aliphatic carbocycles. The van der Waals surface area contributed by atoms with Crippen molar-refractivity contribution < 1.29 is 5.11 Å². The fourth-order valence-corrected chi connectivity index (χ4v) is 3.41. The summed E-state index contributed by atoms with van der Waals surface area (Å²) in [4.78, 5) is 12.1. The van der Waals surface area contributed by atoms with Crippen LogP contribution in [0.15, 0.2) is 24.8 Å². The highest BCUT2D eigenvalue weighted by Crippen LogP contribution is 2.35. The second kappa shape index (κ2) is 4.59. The lowest BCUT2D eigenvalue weighted by molar-refractivity contribution is 0.170. The summed E-state index contributed by atoms with van der Waals surface area (Å²) in [6, 6.07) is 2.56. The van der Waals surface area contributed by atoms with E-state index in [0.29, 0.717) is 18.6 Å². The minimum absolute atomic E-state index is 0.323. The molecule has 3 aromatic rings. The maximum atomic E-state index is 9.26. The van der Waals surface area contributed by atoms with E-state index in [2.05, 4.69) is 25.6 Å². The Hall–Kier alpha value is -1.88. The molecule has 0 bridgehead atoms. The second-order valence-electron chi connectivity index (χ2n) is 5.74. The van der Waals surface area contributed by atoms with Crippen molar-refractivity contribution in [2.24, 2.45) is 5.92 Å². The van der Waals surface area contributed by atoms with Gasteiger partial charge in [0.2, 0.25) is 0 Å². The van der Waals surface area contributed by atoms with Gasteiger partial charge in [0.15, 0.2) is 0 Å². The molecule has 3 heterocycles. The van der Waals surface area contributed by atoms with Gasteiger partial charge in [-0.15, -0.1) is 0 Å². The van der Waals surface area contributed by atoms with E-state index >= 15 is 0 Å². The molecule has 1 fully saturated rings. The van der Waals surface area contributed by atoms with Gasteiger partial charge in [-0.05, 0) is 37.7 Å². The van der Waals surface area contributed by atoms with Crippen molar-refractivity contribution in [3.05, 3.63) is 24.8 Å².